The lowest BCUT2D eigenvalue weighted by Crippen LogP contribution is -2.48. The Morgan fingerprint density at radius 2 is 1.00 bits per heavy atom. The second-order valence-corrected chi connectivity index (χ2v) is 5.21. The third-order valence-corrected chi connectivity index (χ3v) is 3.38. The maximum atomic E-state index is 11.8. The number of nitrogens with two attached hydrogens (primary N) is 2. The van der Waals surface area contributed by atoms with Crippen molar-refractivity contribution in [2.45, 2.75) is 35.7 Å². The second kappa shape index (κ2) is 8.79. The van der Waals surface area contributed by atoms with Crippen LogP contribution in [-0.4, -0.2) is 62.3 Å². The van der Waals surface area contributed by atoms with Crippen LogP contribution in [0.1, 0.15) is 12.8 Å². The normalized spacial score (nSPS) is 16.2. The Morgan fingerprint density at radius 1 is 0.727 bits per heavy atom. The van der Waals surface area contributed by atoms with E-state index in [9.17, 15) is 24.0 Å². The number of hydrogen-bond acceptors (Lipinski definition) is 7. The molecule has 0 aromatic rings. The molecular formula is C11H14Cl2N2O7. The average molecular weight is 357 g/mol. The summed E-state index contributed by atoms with van der Waals surface area (Å²) in [7, 11) is 0. The zero-order valence-electron chi connectivity index (χ0n) is 11.1. The Bertz CT molecular complexity index is 455. The minimum atomic E-state index is -1.93. The fourth-order valence-corrected chi connectivity index (χ4v) is 2.00. The fraction of sp³-hybridized carbons (Fsp3) is 0.545. The van der Waals surface area contributed by atoms with Crippen LogP contribution in [0.3, 0.4) is 0 Å². The highest BCUT2D eigenvalue weighted by Crippen LogP contribution is 2.13. The van der Waals surface area contributed by atoms with E-state index in [1.807, 2.05) is 0 Å². The first-order valence-corrected chi connectivity index (χ1v) is 6.70. The van der Waals surface area contributed by atoms with Crippen LogP contribution in [0, 0.1) is 0 Å². The molecule has 0 saturated carbocycles. The molecule has 0 aliphatic heterocycles. The van der Waals surface area contributed by atoms with Gasteiger partial charge in [-0.15, -0.1) is 23.2 Å². The molecule has 0 saturated heterocycles. The molecule has 0 aromatic heterocycles. The molecule has 4 atom stereocenters. The van der Waals surface area contributed by atoms with Gasteiger partial charge in [-0.3, -0.25) is 24.0 Å². The molecule has 0 amide bonds. The van der Waals surface area contributed by atoms with E-state index in [1.165, 1.54) is 0 Å². The van der Waals surface area contributed by atoms with Crippen LogP contribution in [0.4, 0.5) is 0 Å². The summed E-state index contributed by atoms with van der Waals surface area (Å²) in [6.45, 7) is 0. The van der Waals surface area contributed by atoms with E-state index in [1.54, 1.807) is 0 Å². The highest BCUT2D eigenvalue weighted by molar-refractivity contribution is 6.52. The summed E-state index contributed by atoms with van der Waals surface area (Å²) >= 11 is 11.1. The molecule has 0 aliphatic carbocycles. The van der Waals surface area contributed by atoms with E-state index >= 15 is 0 Å². The summed E-state index contributed by atoms with van der Waals surface area (Å²) in [5.41, 5.74) is 10.5. The molecule has 0 bridgehead atoms. The molecule has 124 valence electrons. The van der Waals surface area contributed by atoms with Crippen LogP contribution in [-0.2, 0) is 24.0 Å². The van der Waals surface area contributed by atoms with Crippen LogP contribution in [0.15, 0.2) is 0 Å². The number of alkyl halides is 2. The predicted molar refractivity (Wildman–Crippen MR) is 74.8 cm³/mol. The first-order chi connectivity index (χ1) is 9.98. The Hall–Kier alpha value is -1.55. The minimum Gasteiger partial charge on any atom is -0.481 e. The molecular weight excluding hydrogens is 343 g/mol. The lowest BCUT2D eigenvalue weighted by Gasteiger charge is -2.16. The van der Waals surface area contributed by atoms with E-state index in [0.717, 1.165) is 0 Å². The van der Waals surface area contributed by atoms with Crippen molar-refractivity contribution >= 4 is 52.5 Å². The lowest BCUT2D eigenvalue weighted by atomic mass is 9.98. The summed E-state index contributed by atoms with van der Waals surface area (Å²) in [6.07, 6.45) is -1.51. The average Bonchev–Trinajstić information content (AvgIpc) is 2.41. The lowest BCUT2D eigenvalue weighted by molar-refractivity contribution is -0.140. The number of Topliss-reactive ketones (excluding diaryl/α,β-unsaturated/α-hetero) is 3. The van der Waals surface area contributed by atoms with Crippen molar-refractivity contribution in [3.63, 3.8) is 0 Å². The van der Waals surface area contributed by atoms with Crippen LogP contribution in [0.2, 0.25) is 0 Å². The maximum Gasteiger partial charge on any atom is 0.305 e. The van der Waals surface area contributed by atoms with Gasteiger partial charge in [-0.2, -0.15) is 0 Å². The molecule has 0 aromatic carbocycles. The summed E-state index contributed by atoms with van der Waals surface area (Å²) in [6, 6.07) is -3.09. The molecule has 22 heavy (non-hydrogen) atoms. The molecule has 11 heteroatoms. The van der Waals surface area contributed by atoms with E-state index < -0.39 is 65.0 Å². The van der Waals surface area contributed by atoms with Gasteiger partial charge in [-0.1, -0.05) is 0 Å². The first kappa shape index (κ1) is 20.5. The molecule has 0 fully saturated rings. The van der Waals surface area contributed by atoms with E-state index in [4.69, 9.17) is 44.9 Å². The largest absolute Gasteiger partial charge is 0.481 e. The zero-order valence-corrected chi connectivity index (χ0v) is 12.6. The van der Waals surface area contributed by atoms with Crippen molar-refractivity contribution < 1.29 is 34.2 Å². The second-order valence-electron chi connectivity index (χ2n) is 4.34. The predicted octanol–water partition coefficient (Wildman–Crippen LogP) is -1.49. The van der Waals surface area contributed by atoms with Crippen molar-refractivity contribution in [3.8, 4) is 0 Å². The van der Waals surface area contributed by atoms with Crippen molar-refractivity contribution in [2.75, 3.05) is 0 Å². The standard InChI is InChI=1S/C11H14Cl2N2O7/c12-7(9(20)3(14)1-5(16)17)11(22)8(13)10(21)4(15)2-6(18)19/h3-4,7-8H,1-2,14-15H2,(H,16,17)(H,18,19)/t3-,4-,7?,8?/m0/s1. The molecule has 0 radical (unpaired) electrons. The molecule has 6 N–H and O–H groups in total. The number of ketones is 3. The molecule has 0 spiro atoms. The fourth-order valence-electron chi connectivity index (χ4n) is 1.36. The molecule has 0 rings (SSSR count). The minimum absolute atomic E-state index is 0.755. The molecule has 9 nitrogen and oxygen atoms in total. The van der Waals surface area contributed by atoms with Gasteiger partial charge in [0.2, 0.25) is 0 Å². The maximum absolute atomic E-state index is 11.8. The highest BCUT2D eigenvalue weighted by Gasteiger charge is 2.38. The number of halogens is 2. The van der Waals surface area contributed by atoms with Crippen LogP contribution >= 0.6 is 23.2 Å². The van der Waals surface area contributed by atoms with Crippen LogP contribution in [0.5, 0.6) is 0 Å². The van der Waals surface area contributed by atoms with Crippen molar-refractivity contribution in [3.05, 3.63) is 0 Å². The number of carbonyl (C=O) groups excluding carboxylic acids is 3. The number of hydrogen-bond donors (Lipinski definition) is 4. The van der Waals surface area contributed by atoms with Gasteiger partial charge in [-0.05, 0) is 0 Å². The van der Waals surface area contributed by atoms with Gasteiger partial charge in [-0.25, -0.2) is 0 Å². The SMILES string of the molecule is N[C@@H](CC(=O)O)C(=O)C(Cl)C(=O)C(Cl)C(=O)[C@@H](N)CC(=O)O. The van der Waals surface area contributed by atoms with E-state index in [2.05, 4.69) is 0 Å². The van der Waals surface area contributed by atoms with Crippen molar-refractivity contribution in [2.24, 2.45) is 11.5 Å². The summed E-state index contributed by atoms with van der Waals surface area (Å²) < 4.78 is 0. The third-order valence-electron chi connectivity index (χ3n) is 2.52. The van der Waals surface area contributed by atoms with Crippen LogP contribution < -0.4 is 11.5 Å². The number of carboxylic acids is 2. The highest BCUT2D eigenvalue weighted by atomic mass is 35.5. The zero-order chi connectivity index (χ0) is 17.6. The number of aliphatic carboxylic acids is 2. The van der Waals surface area contributed by atoms with Gasteiger partial charge in [0, 0.05) is 0 Å². The Kier molecular flexibility index (Phi) is 8.17. The van der Waals surface area contributed by atoms with Gasteiger partial charge in [0.1, 0.15) is 0 Å². The smallest absolute Gasteiger partial charge is 0.305 e. The monoisotopic (exact) mass is 356 g/mol. The summed E-state index contributed by atoms with van der Waals surface area (Å²) in [4.78, 5) is 56.0. The summed E-state index contributed by atoms with van der Waals surface area (Å²) in [5.74, 6) is -6.21. The van der Waals surface area contributed by atoms with Crippen molar-refractivity contribution in [1.82, 2.24) is 0 Å². The van der Waals surface area contributed by atoms with E-state index in [-0.39, 0.29) is 0 Å². The molecule has 0 aliphatic rings. The Labute approximate surface area is 134 Å². The quantitative estimate of drug-likeness (QED) is 0.268. The Balaban J connectivity index is 4.86. The molecule has 0 heterocycles. The molecule has 2 unspecified atom stereocenters. The third kappa shape index (κ3) is 6.06. The number of rotatable bonds is 10. The number of carboxylic acid groups (broad SMARTS) is 2. The number of carbonyl (C=O) groups is 5. The first-order valence-electron chi connectivity index (χ1n) is 5.83. The van der Waals surface area contributed by atoms with Gasteiger partial charge < -0.3 is 21.7 Å². The van der Waals surface area contributed by atoms with Gasteiger partial charge in [0.05, 0.1) is 24.9 Å². The van der Waals surface area contributed by atoms with Crippen LogP contribution in [0.25, 0.3) is 0 Å². The van der Waals surface area contributed by atoms with E-state index in [0.29, 0.717) is 0 Å². The van der Waals surface area contributed by atoms with Gasteiger partial charge >= 0.3 is 11.9 Å². The van der Waals surface area contributed by atoms with Crippen molar-refractivity contribution in [1.29, 1.82) is 0 Å². The Morgan fingerprint density at radius 3 is 1.23 bits per heavy atom. The van der Waals surface area contributed by atoms with Gasteiger partial charge in [0.15, 0.2) is 28.1 Å². The topological polar surface area (TPSA) is 178 Å². The van der Waals surface area contributed by atoms with Gasteiger partial charge in [0.25, 0.3) is 0 Å². The summed E-state index contributed by atoms with van der Waals surface area (Å²) in [5, 5.41) is 13.1.